The Labute approximate surface area is 202 Å². The third-order valence-electron chi connectivity index (χ3n) is 6.78. The molecule has 0 heterocycles. The minimum Gasteiger partial charge on any atom is -0.147 e. The molecule has 158 valence electrons. The average molecular weight is 535 g/mol. The van der Waals surface area contributed by atoms with E-state index in [-0.39, 0.29) is 30.2 Å². The van der Waals surface area contributed by atoms with Gasteiger partial charge >= 0.3 is 179 Å². The van der Waals surface area contributed by atoms with Gasteiger partial charge in [-0.15, -0.1) is 24.8 Å². The number of rotatable bonds is 3. The Hall–Kier alpha value is -0.660. The van der Waals surface area contributed by atoms with Gasteiger partial charge in [-0.1, -0.05) is 0 Å². The first-order chi connectivity index (χ1) is 13.4. The van der Waals surface area contributed by atoms with Crippen molar-refractivity contribution in [1.29, 1.82) is 0 Å². The van der Waals surface area contributed by atoms with E-state index >= 15 is 0 Å². The Kier molecular flexibility index (Phi) is 8.79. The first-order valence-electron chi connectivity index (χ1n) is 10.3. The molecule has 0 spiro atoms. The predicted molar refractivity (Wildman–Crippen MR) is 135 cm³/mol. The van der Waals surface area contributed by atoms with Crippen molar-refractivity contribution >= 4 is 35.8 Å². The summed E-state index contributed by atoms with van der Waals surface area (Å²) in [4.78, 5) is 0. The molecule has 0 aliphatic heterocycles. The van der Waals surface area contributed by atoms with Crippen molar-refractivity contribution in [2.45, 2.75) is 44.4 Å². The fourth-order valence-electron chi connectivity index (χ4n) is 5.01. The van der Waals surface area contributed by atoms with E-state index in [0.717, 1.165) is 0 Å². The molecule has 0 radical (unpaired) electrons. The summed E-state index contributed by atoms with van der Waals surface area (Å²) in [6.07, 6.45) is 2.67. The van der Waals surface area contributed by atoms with E-state index in [2.05, 4.69) is 101 Å². The Morgan fingerprint density at radius 1 is 0.800 bits per heavy atom. The minimum absolute atomic E-state index is 0. The zero-order valence-corrected chi connectivity index (χ0v) is 23.8. The second kappa shape index (κ2) is 10.3. The summed E-state index contributed by atoms with van der Waals surface area (Å²) in [5.41, 5.74) is 10.4. The van der Waals surface area contributed by atoms with E-state index < -0.39 is 20.4 Å². The maximum absolute atomic E-state index is 2.67. The molecule has 0 amide bonds. The van der Waals surface area contributed by atoms with Gasteiger partial charge < -0.3 is 0 Å². The third-order valence-corrected chi connectivity index (χ3v) is 25.4. The Balaban J connectivity index is 0.00000160. The van der Waals surface area contributed by atoms with Gasteiger partial charge in [0, 0.05) is 0 Å². The van der Waals surface area contributed by atoms with Crippen molar-refractivity contribution in [3.05, 3.63) is 97.4 Å². The summed E-state index contributed by atoms with van der Waals surface area (Å²) in [5, 5.41) is 0. The molecule has 2 aliphatic rings. The van der Waals surface area contributed by atoms with Crippen LogP contribution in [0.1, 0.15) is 48.0 Å². The topological polar surface area (TPSA) is 0 Å². The first kappa shape index (κ1) is 25.6. The molecule has 0 aromatic heterocycles. The second-order valence-corrected chi connectivity index (χ2v) is 25.9. The largest absolute Gasteiger partial charge is 0.147 e. The maximum atomic E-state index is 2.67. The number of hydrogen-bond acceptors (Lipinski definition) is 0. The van der Waals surface area contributed by atoms with Crippen LogP contribution in [0.2, 0.25) is 13.1 Å². The van der Waals surface area contributed by atoms with E-state index in [4.69, 9.17) is 0 Å². The van der Waals surface area contributed by atoms with Crippen molar-refractivity contribution in [3.63, 3.8) is 0 Å². The van der Waals surface area contributed by atoms with E-state index in [1.54, 1.807) is 22.3 Å². The fourth-order valence-corrected chi connectivity index (χ4v) is 24.7. The van der Waals surface area contributed by atoms with Gasteiger partial charge in [-0.3, -0.25) is 0 Å². The quantitative estimate of drug-likeness (QED) is 0.349. The number of allylic oxidation sites excluding steroid dienone is 5. The normalized spacial score (nSPS) is 19.7. The number of halogens is 2. The zero-order valence-electron chi connectivity index (χ0n) is 18.7. The average Bonchev–Trinajstić information content (AvgIpc) is 3.17. The molecule has 0 N–H and O–H groups in total. The molecule has 2 aliphatic carbocycles. The Bertz CT molecular complexity index is 1070. The van der Waals surface area contributed by atoms with Crippen LogP contribution in [0.25, 0.3) is 5.57 Å². The number of benzene rings is 2. The van der Waals surface area contributed by atoms with Gasteiger partial charge in [-0.25, -0.2) is 0 Å². The maximum Gasteiger partial charge on any atom is -0.147 e. The van der Waals surface area contributed by atoms with Gasteiger partial charge in [0.05, 0.1) is 0 Å². The summed E-state index contributed by atoms with van der Waals surface area (Å²) in [7, 11) is 0. The van der Waals surface area contributed by atoms with Crippen LogP contribution < -0.4 is 0 Å². The minimum atomic E-state index is -1.88. The molecule has 4 heteroatoms. The molecule has 4 rings (SSSR count). The zero-order chi connectivity index (χ0) is 20.0. The van der Waals surface area contributed by atoms with Crippen LogP contribution in [-0.4, -0.2) is 5.43 Å². The number of fused-ring (bicyclic) bond motifs is 1. The molecule has 2 atom stereocenters. The monoisotopic (exact) mass is 532 g/mol. The van der Waals surface area contributed by atoms with Gasteiger partial charge in [0.1, 0.15) is 0 Å². The second-order valence-electron chi connectivity index (χ2n) is 8.49. The molecule has 0 saturated carbocycles. The van der Waals surface area contributed by atoms with Crippen molar-refractivity contribution in [2.75, 3.05) is 0 Å². The van der Waals surface area contributed by atoms with Crippen molar-refractivity contribution in [1.82, 2.24) is 0 Å². The standard InChI is InChI=1S/C15H11.C9H13.C2H6Si.2ClH.Zr/c1-2-6-12(7-3-1)15-11-10-13-8-4-5-9-14(13)15;1-6-5-7(2)9(4)8(6)3;1-3-2;;;/h1-11H;6H,1-4H3;1-2H3;2*1H;. The summed E-state index contributed by atoms with van der Waals surface area (Å²) in [6.45, 7) is 14.8. The van der Waals surface area contributed by atoms with Crippen LogP contribution in [0.5, 0.6) is 0 Å². The van der Waals surface area contributed by atoms with Gasteiger partial charge in [-0.2, -0.15) is 0 Å². The smallest absolute Gasteiger partial charge is 0.147 e. The molecule has 0 bridgehead atoms. The van der Waals surface area contributed by atoms with Crippen molar-refractivity contribution < 1.29 is 20.4 Å². The summed E-state index contributed by atoms with van der Waals surface area (Å²) >= 11 is -1.88. The fraction of sp³-hybridized carbons (Fsp3) is 0.308. The summed E-state index contributed by atoms with van der Waals surface area (Å²) < 4.78 is 2.59. The molecule has 2 unspecified atom stereocenters. The predicted octanol–water partition coefficient (Wildman–Crippen LogP) is 8.15. The van der Waals surface area contributed by atoms with E-state index in [9.17, 15) is 0 Å². The Morgan fingerprint density at radius 2 is 1.40 bits per heavy atom. The first-order valence-corrected chi connectivity index (χ1v) is 19.2. The number of hydrogen-bond donors (Lipinski definition) is 0. The third kappa shape index (κ3) is 4.31. The SMILES string of the molecule is CC1=C(C)C(C)[C]([Zr]([CH]2C=C(c3ccccc3)c3ccccc32)=[Si](C)C)=C1C.Cl.Cl. The van der Waals surface area contributed by atoms with Crippen LogP contribution in [0.4, 0.5) is 0 Å². The van der Waals surface area contributed by atoms with E-state index in [1.807, 2.05) is 3.28 Å². The van der Waals surface area contributed by atoms with Gasteiger partial charge in [0.15, 0.2) is 0 Å². The molecule has 2 aromatic carbocycles. The van der Waals surface area contributed by atoms with Gasteiger partial charge in [0.2, 0.25) is 0 Å². The molecular formula is C26H32Cl2SiZr. The van der Waals surface area contributed by atoms with E-state index in [1.165, 1.54) is 16.7 Å². The molecule has 0 saturated heterocycles. The van der Waals surface area contributed by atoms with Crippen molar-refractivity contribution in [3.8, 4) is 0 Å². The molecular weight excluding hydrogens is 503 g/mol. The van der Waals surface area contributed by atoms with Crippen LogP contribution in [0, 0.1) is 5.92 Å². The molecule has 30 heavy (non-hydrogen) atoms. The van der Waals surface area contributed by atoms with Gasteiger partial charge in [-0.05, 0) is 0 Å². The van der Waals surface area contributed by atoms with Crippen LogP contribution >= 0.6 is 24.8 Å². The molecule has 2 aromatic rings. The van der Waals surface area contributed by atoms with Crippen LogP contribution in [0.3, 0.4) is 0 Å². The summed E-state index contributed by atoms with van der Waals surface area (Å²) in [6, 6.07) is 20.2. The van der Waals surface area contributed by atoms with E-state index in [0.29, 0.717) is 9.54 Å². The molecule has 0 fully saturated rings. The van der Waals surface area contributed by atoms with Crippen molar-refractivity contribution in [2.24, 2.45) is 5.92 Å². The summed E-state index contributed by atoms with van der Waals surface area (Å²) in [5.74, 6) is 0.663. The van der Waals surface area contributed by atoms with Crippen LogP contribution in [0.15, 0.2) is 80.7 Å². The Morgan fingerprint density at radius 3 is 1.97 bits per heavy atom. The molecule has 0 nitrogen and oxygen atoms in total. The van der Waals surface area contributed by atoms with Gasteiger partial charge in [0.25, 0.3) is 0 Å². The van der Waals surface area contributed by atoms with Crippen LogP contribution in [-0.2, 0) is 20.4 Å².